The van der Waals surface area contributed by atoms with E-state index in [0.29, 0.717) is 0 Å². The Bertz CT molecular complexity index is 421. The average molecular weight is 245 g/mol. The molecule has 4 nitrogen and oxygen atoms in total. The molecule has 2 N–H and O–H groups in total. The number of carbonyl (C=O) groups is 1. The maximum Gasteiger partial charge on any atom is 0.264 e. The average Bonchev–Trinajstić information content (AvgIpc) is 2.35. The number of rotatable bonds is 5. The van der Waals surface area contributed by atoms with Crippen molar-refractivity contribution >= 4 is 5.78 Å². The number of alkyl halides is 2. The van der Waals surface area contributed by atoms with E-state index in [4.69, 9.17) is 15.2 Å². The molecule has 0 fully saturated rings. The summed E-state index contributed by atoms with van der Waals surface area (Å²) in [5.74, 6) is -0.280. The summed E-state index contributed by atoms with van der Waals surface area (Å²) >= 11 is 0. The molecule has 1 rings (SSSR count). The van der Waals surface area contributed by atoms with Gasteiger partial charge in [0.05, 0.1) is 26.3 Å². The van der Waals surface area contributed by atoms with Gasteiger partial charge in [-0.3, -0.25) is 4.79 Å². The van der Waals surface area contributed by atoms with Crippen LogP contribution in [-0.2, 0) is 0 Å². The van der Waals surface area contributed by atoms with Gasteiger partial charge in [0.25, 0.3) is 6.43 Å². The Morgan fingerprint density at radius 1 is 1.35 bits per heavy atom. The van der Waals surface area contributed by atoms with Gasteiger partial charge in [-0.15, -0.1) is 0 Å². The van der Waals surface area contributed by atoms with Gasteiger partial charge >= 0.3 is 0 Å². The molecule has 0 unspecified atom stereocenters. The van der Waals surface area contributed by atoms with Crippen molar-refractivity contribution in [2.45, 2.75) is 6.43 Å². The zero-order valence-corrected chi connectivity index (χ0v) is 9.50. The summed E-state index contributed by atoms with van der Waals surface area (Å²) in [5, 5.41) is 0. The van der Waals surface area contributed by atoms with Gasteiger partial charge in [0, 0.05) is 5.56 Å². The van der Waals surface area contributed by atoms with Crippen molar-refractivity contribution in [3.05, 3.63) is 23.3 Å². The number of carbonyl (C=O) groups excluding carboxylic acids is 1. The summed E-state index contributed by atoms with van der Waals surface area (Å²) in [5.41, 5.74) is 4.91. The summed E-state index contributed by atoms with van der Waals surface area (Å²) < 4.78 is 35.1. The zero-order chi connectivity index (χ0) is 13.0. The van der Waals surface area contributed by atoms with Crippen LogP contribution in [-0.4, -0.2) is 26.5 Å². The second-order valence-corrected chi connectivity index (χ2v) is 3.23. The number of hydrogen-bond acceptors (Lipinski definition) is 4. The molecule has 0 spiro atoms. The van der Waals surface area contributed by atoms with Gasteiger partial charge < -0.3 is 15.2 Å². The molecule has 0 aromatic heterocycles. The molecule has 0 heterocycles. The topological polar surface area (TPSA) is 61.5 Å². The van der Waals surface area contributed by atoms with Crippen LogP contribution in [0.1, 0.15) is 22.3 Å². The van der Waals surface area contributed by atoms with Crippen LogP contribution in [0.5, 0.6) is 11.5 Å². The van der Waals surface area contributed by atoms with E-state index >= 15 is 0 Å². The normalized spacial score (nSPS) is 10.5. The van der Waals surface area contributed by atoms with Crippen LogP contribution in [0.15, 0.2) is 12.1 Å². The molecule has 0 amide bonds. The monoisotopic (exact) mass is 245 g/mol. The molecule has 94 valence electrons. The third-order valence-corrected chi connectivity index (χ3v) is 2.24. The fourth-order valence-electron chi connectivity index (χ4n) is 1.43. The Kier molecular flexibility index (Phi) is 4.39. The number of Topliss-reactive ketones (excluding diaryl/α,β-unsaturated/α-hetero) is 1. The van der Waals surface area contributed by atoms with E-state index in [2.05, 4.69) is 0 Å². The van der Waals surface area contributed by atoms with Crippen LogP contribution in [0.4, 0.5) is 8.78 Å². The van der Waals surface area contributed by atoms with Crippen LogP contribution < -0.4 is 15.2 Å². The van der Waals surface area contributed by atoms with Crippen LogP contribution >= 0.6 is 0 Å². The third kappa shape index (κ3) is 2.71. The number of hydrogen-bond donors (Lipinski definition) is 1. The minimum Gasteiger partial charge on any atom is -0.493 e. The maximum absolute atomic E-state index is 12.6. The summed E-state index contributed by atoms with van der Waals surface area (Å²) in [4.78, 5) is 11.5. The molecule has 0 bridgehead atoms. The highest BCUT2D eigenvalue weighted by molar-refractivity contribution is 6.01. The molecule has 0 saturated heterocycles. The van der Waals surface area contributed by atoms with Crippen molar-refractivity contribution in [1.82, 2.24) is 0 Å². The van der Waals surface area contributed by atoms with Crippen molar-refractivity contribution in [2.75, 3.05) is 20.8 Å². The van der Waals surface area contributed by atoms with Crippen LogP contribution in [0, 0.1) is 0 Å². The number of methoxy groups -OCH3 is 2. The minimum atomic E-state index is -2.70. The highest BCUT2D eigenvalue weighted by Crippen LogP contribution is 2.35. The Morgan fingerprint density at radius 3 is 2.41 bits per heavy atom. The molecule has 0 aliphatic rings. The van der Waals surface area contributed by atoms with E-state index in [9.17, 15) is 13.6 Å². The molecule has 1 aromatic carbocycles. The van der Waals surface area contributed by atoms with E-state index < -0.39 is 12.2 Å². The Balaban J connectivity index is 3.42. The summed E-state index contributed by atoms with van der Waals surface area (Å²) in [7, 11) is 2.64. The lowest BCUT2D eigenvalue weighted by Crippen LogP contribution is -2.15. The first-order valence-corrected chi connectivity index (χ1v) is 4.82. The smallest absolute Gasteiger partial charge is 0.264 e. The fourth-order valence-corrected chi connectivity index (χ4v) is 1.43. The number of ether oxygens (including phenoxy) is 2. The van der Waals surface area contributed by atoms with Crippen molar-refractivity contribution in [3.63, 3.8) is 0 Å². The molecule has 0 aliphatic carbocycles. The van der Waals surface area contributed by atoms with Gasteiger partial charge in [-0.2, -0.15) is 0 Å². The van der Waals surface area contributed by atoms with Crippen LogP contribution in [0.25, 0.3) is 0 Å². The summed E-state index contributed by atoms with van der Waals surface area (Å²) in [6.07, 6.45) is -2.70. The largest absolute Gasteiger partial charge is 0.493 e. The predicted molar refractivity (Wildman–Crippen MR) is 57.9 cm³/mol. The Labute approximate surface area is 97.3 Å². The SMILES string of the molecule is COc1cc(C(F)F)cc(C(=O)CN)c1OC. The lowest BCUT2D eigenvalue weighted by molar-refractivity contribution is 0.0997. The second-order valence-electron chi connectivity index (χ2n) is 3.23. The molecule has 17 heavy (non-hydrogen) atoms. The van der Waals surface area contributed by atoms with E-state index in [0.717, 1.165) is 12.1 Å². The van der Waals surface area contributed by atoms with Crippen molar-refractivity contribution < 1.29 is 23.0 Å². The first-order valence-electron chi connectivity index (χ1n) is 4.82. The molecule has 6 heteroatoms. The quantitative estimate of drug-likeness (QED) is 0.803. The number of nitrogens with two attached hydrogens (primary N) is 1. The van der Waals surface area contributed by atoms with E-state index in [-0.39, 0.29) is 29.2 Å². The van der Waals surface area contributed by atoms with Gasteiger partial charge in [0.1, 0.15) is 0 Å². The lowest BCUT2D eigenvalue weighted by Gasteiger charge is -2.13. The molecule has 0 atom stereocenters. The van der Waals surface area contributed by atoms with Crippen molar-refractivity contribution in [3.8, 4) is 11.5 Å². The second kappa shape index (κ2) is 5.58. The number of benzene rings is 1. The third-order valence-electron chi connectivity index (χ3n) is 2.24. The van der Waals surface area contributed by atoms with E-state index in [1.165, 1.54) is 14.2 Å². The minimum absolute atomic E-state index is 0.00431. The summed E-state index contributed by atoms with van der Waals surface area (Å²) in [6, 6.07) is 2.21. The predicted octanol–water partition coefficient (Wildman–Crippen LogP) is 1.78. The Morgan fingerprint density at radius 2 is 2.00 bits per heavy atom. The van der Waals surface area contributed by atoms with Gasteiger partial charge in [-0.25, -0.2) is 8.78 Å². The molecular weight excluding hydrogens is 232 g/mol. The van der Waals surface area contributed by atoms with Gasteiger partial charge in [-0.05, 0) is 12.1 Å². The molecule has 0 aliphatic heterocycles. The lowest BCUT2D eigenvalue weighted by atomic mass is 10.0. The van der Waals surface area contributed by atoms with Gasteiger partial charge in [0.15, 0.2) is 17.3 Å². The Hall–Kier alpha value is -1.69. The molecular formula is C11H13F2NO3. The number of ketones is 1. The van der Waals surface area contributed by atoms with E-state index in [1.807, 2.05) is 0 Å². The number of halogens is 2. The zero-order valence-electron chi connectivity index (χ0n) is 9.50. The highest BCUT2D eigenvalue weighted by atomic mass is 19.3. The van der Waals surface area contributed by atoms with E-state index in [1.54, 1.807) is 0 Å². The standard InChI is InChI=1S/C11H13F2NO3/c1-16-9-4-6(11(12)13)3-7(8(15)5-14)10(9)17-2/h3-4,11H,5,14H2,1-2H3. The van der Waals surface area contributed by atoms with Gasteiger partial charge in [0.2, 0.25) is 0 Å². The van der Waals surface area contributed by atoms with Crippen LogP contribution in [0.2, 0.25) is 0 Å². The fraction of sp³-hybridized carbons (Fsp3) is 0.364. The molecule has 0 radical (unpaired) electrons. The molecule has 1 aromatic rings. The maximum atomic E-state index is 12.6. The highest BCUT2D eigenvalue weighted by Gasteiger charge is 2.20. The molecule has 0 saturated carbocycles. The summed E-state index contributed by atoms with van der Waals surface area (Å²) in [6.45, 7) is -0.286. The van der Waals surface area contributed by atoms with Gasteiger partial charge in [-0.1, -0.05) is 0 Å². The van der Waals surface area contributed by atoms with Crippen molar-refractivity contribution in [2.24, 2.45) is 5.73 Å². The van der Waals surface area contributed by atoms with Crippen LogP contribution in [0.3, 0.4) is 0 Å². The first-order chi connectivity index (χ1) is 8.04. The van der Waals surface area contributed by atoms with Crippen molar-refractivity contribution in [1.29, 1.82) is 0 Å². The first kappa shape index (κ1) is 13.4.